The summed E-state index contributed by atoms with van der Waals surface area (Å²) in [7, 11) is 0. The minimum Gasteiger partial charge on any atom is -0.379 e. The van der Waals surface area contributed by atoms with Gasteiger partial charge < -0.3 is 10.5 Å². The number of ether oxygens (including phenoxy) is 1. The number of hydrogen-bond acceptors (Lipinski definition) is 4. The van der Waals surface area contributed by atoms with Crippen molar-refractivity contribution in [2.24, 2.45) is 5.73 Å². The predicted octanol–water partition coefficient (Wildman–Crippen LogP) is 0.585. The lowest BCUT2D eigenvalue weighted by atomic mass is 10.2. The second-order valence-corrected chi connectivity index (χ2v) is 4.53. The van der Waals surface area contributed by atoms with Crippen LogP contribution in [0.25, 0.3) is 0 Å². The molecule has 0 amide bonds. The maximum atomic E-state index is 5.63. The van der Waals surface area contributed by atoms with Crippen LogP contribution in [0.2, 0.25) is 0 Å². The molecule has 1 unspecified atom stereocenters. The van der Waals surface area contributed by atoms with Crippen LogP contribution in [-0.4, -0.2) is 68.3 Å². The first kappa shape index (κ1) is 17.4. The topological polar surface area (TPSA) is 41.7 Å². The summed E-state index contributed by atoms with van der Waals surface area (Å²) in [5.41, 5.74) is 5.63. The van der Waals surface area contributed by atoms with Crippen LogP contribution in [0, 0.1) is 0 Å². The number of halogens is 2. The van der Waals surface area contributed by atoms with Crippen LogP contribution < -0.4 is 5.73 Å². The minimum atomic E-state index is 0. The van der Waals surface area contributed by atoms with Gasteiger partial charge >= 0.3 is 0 Å². The smallest absolute Gasteiger partial charge is 0.0594 e. The van der Waals surface area contributed by atoms with Crippen molar-refractivity contribution in [3.63, 3.8) is 0 Å². The zero-order valence-electron chi connectivity index (χ0n) is 10.3. The Bertz CT molecular complexity index is 192. The molecule has 0 aromatic carbocycles. The molecule has 0 saturated carbocycles. The predicted molar refractivity (Wildman–Crippen MR) is 75.4 cm³/mol. The van der Waals surface area contributed by atoms with Crippen molar-refractivity contribution in [3.8, 4) is 0 Å². The summed E-state index contributed by atoms with van der Waals surface area (Å²) in [6, 6.07) is 0.742. The van der Waals surface area contributed by atoms with Gasteiger partial charge in [-0.1, -0.05) is 0 Å². The molecule has 2 fully saturated rings. The summed E-state index contributed by atoms with van der Waals surface area (Å²) in [5.74, 6) is 0. The zero-order valence-corrected chi connectivity index (χ0v) is 12.0. The van der Waals surface area contributed by atoms with Crippen LogP contribution in [0.15, 0.2) is 0 Å². The zero-order chi connectivity index (χ0) is 10.5. The second kappa shape index (κ2) is 9.36. The summed E-state index contributed by atoms with van der Waals surface area (Å²) in [5, 5.41) is 0. The third-order valence-electron chi connectivity index (χ3n) is 3.49. The van der Waals surface area contributed by atoms with Crippen LogP contribution in [0.4, 0.5) is 0 Å². The van der Waals surface area contributed by atoms with E-state index >= 15 is 0 Å². The van der Waals surface area contributed by atoms with E-state index in [1.807, 2.05) is 0 Å². The van der Waals surface area contributed by atoms with E-state index in [2.05, 4.69) is 9.80 Å². The molecule has 0 bridgehead atoms. The molecule has 2 N–H and O–H groups in total. The molecule has 2 saturated heterocycles. The standard InChI is InChI=1S/C11H23N3O.2ClH/c12-3-5-14-4-1-2-11(14)10-13-6-8-15-9-7-13;;/h11H,1-10,12H2;2*1H. The maximum Gasteiger partial charge on any atom is 0.0594 e. The average molecular weight is 286 g/mol. The van der Waals surface area contributed by atoms with Crippen molar-refractivity contribution < 1.29 is 4.74 Å². The molecule has 17 heavy (non-hydrogen) atoms. The number of hydrogen-bond donors (Lipinski definition) is 1. The largest absolute Gasteiger partial charge is 0.379 e. The Morgan fingerprint density at radius 1 is 1.12 bits per heavy atom. The molecule has 2 aliphatic rings. The first-order valence-electron chi connectivity index (χ1n) is 6.14. The van der Waals surface area contributed by atoms with E-state index in [9.17, 15) is 0 Å². The van der Waals surface area contributed by atoms with Crippen molar-refractivity contribution in [2.45, 2.75) is 18.9 Å². The molecule has 104 valence electrons. The van der Waals surface area contributed by atoms with E-state index in [-0.39, 0.29) is 24.8 Å². The minimum absolute atomic E-state index is 0. The summed E-state index contributed by atoms with van der Waals surface area (Å²) in [6.07, 6.45) is 2.69. The van der Waals surface area contributed by atoms with Gasteiger partial charge in [-0.15, -0.1) is 24.8 Å². The fourth-order valence-electron chi connectivity index (χ4n) is 2.64. The summed E-state index contributed by atoms with van der Waals surface area (Å²) in [4.78, 5) is 5.08. The molecular formula is C11H25Cl2N3O. The molecule has 0 spiro atoms. The van der Waals surface area contributed by atoms with E-state index in [4.69, 9.17) is 10.5 Å². The molecule has 4 nitrogen and oxygen atoms in total. The van der Waals surface area contributed by atoms with Crippen LogP contribution in [0.3, 0.4) is 0 Å². The molecule has 0 aromatic rings. The van der Waals surface area contributed by atoms with Crippen molar-refractivity contribution in [3.05, 3.63) is 0 Å². The van der Waals surface area contributed by atoms with Gasteiger partial charge in [-0.25, -0.2) is 0 Å². The number of rotatable bonds is 4. The highest BCUT2D eigenvalue weighted by atomic mass is 35.5. The average Bonchev–Trinajstić information content (AvgIpc) is 2.68. The quantitative estimate of drug-likeness (QED) is 0.821. The third kappa shape index (κ3) is 5.28. The Morgan fingerprint density at radius 2 is 1.82 bits per heavy atom. The molecule has 2 rings (SSSR count). The molecule has 6 heteroatoms. The van der Waals surface area contributed by atoms with Crippen molar-refractivity contribution in [2.75, 3.05) is 52.5 Å². The van der Waals surface area contributed by atoms with Gasteiger partial charge in [0.05, 0.1) is 13.2 Å². The maximum absolute atomic E-state index is 5.63. The van der Waals surface area contributed by atoms with Crippen LogP contribution >= 0.6 is 24.8 Å². The van der Waals surface area contributed by atoms with Crippen LogP contribution in [-0.2, 0) is 4.74 Å². The van der Waals surface area contributed by atoms with E-state index in [1.54, 1.807) is 0 Å². The Labute approximate surface area is 117 Å². The molecule has 2 aliphatic heterocycles. The van der Waals surface area contributed by atoms with Gasteiger partial charge in [-0.2, -0.15) is 0 Å². The lowest BCUT2D eigenvalue weighted by Gasteiger charge is -2.32. The van der Waals surface area contributed by atoms with Crippen LogP contribution in [0.1, 0.15) is 12.8 Å². The Hall–Kier alpha value is 0.420. The van der Waals surface area contributed by atoms with E-state index in [0.717, 1.165) is 45.4 Å². The van der Waals surface area contributed by atoms with Gasteiger partial charge in [0.25, 0.3) is 0 Å². The van der Waals surface area contributed by atoms with E-state index in [1.165, 1.54) is 25.9 Å². The first-order chi connectivity index (χ1) is 7.40. The van der Waals surface area contributed by atoms with Gasteiger partial charge in [0.2, 0.25) is 0 Å². The van der Waals surface area contributed by atoms with Gasteiger partial charge in [0.15, 0.2) is 0 Å². The number of nitrogens with zero attached hydrogens (tertiary/aromatic N) is 2. The highest BCUT2D eigenvalue weighted by molar-refractivity contribution is 5.85. The molecule has 0 aliphatic carbocycles. The van der Waals surface area contributed by atoms with E-state index < -0.39 is 0 Å². The monoisotopic (exact) mass is 285 g/mol. The van der Waals surface area contributed by atoms with Gasteiger partial charge in [-0.05, 0) is 19.4 Å². The van der Waals surface area contributed by atoms with Crippen molar-refractivity contribution >= 4 is 24.8 Å². The highest BCUT2D eigenvalue weighted by Gasteiger charge is 2.26. The fraction of sp³-hybridized carbons (Fsp3) is 1.00. The molecule has 1 atom stereocenters. The first-order valence-corrected chi connectivity index (χ1v) is 6.14. The summed E-state index contributed by atoms with van der Waals surface area (Å²) >= 11 is 0. The lowest BCUT2D eigenvalue weighted by molar-refractivity contribution is 0.0270. The Kier molecular flexibility index (Phi) is 9.59. The molecule has 0 aromatic heterocycles. The molecular weight excluding hydrogens is 261 g/mol. The lowest BCUT2D eigenvalue weighted by Crippen LogP contribution is -2.46. The third-order valence-corrected chi connectivity index (χ3v) is 3.49. The van der Waals surface area contributed by atoms with Crippen molar-refractivity contribution in [1.82, 2.24) is 9.80 Å². The molecule has 2 heterocycles. The van der Waals surface area contributed by atoms with E-state index in [0.29, 0.717) is 0 Å². The van der Waals surface area contributed by atoms with Crippen molar-refractivity contribution in [1.29, 1.82) is 0 Å². The SMILES string of the molecule is Cl.Cl.NCCN1CCCC1CN1CCOCC1. The Balaban J connectivity index is 0.00000128. The normalized spacial score (nSPS) is 26.3. The fourth-order valence-corrected chi connectivity index (χ4v) is 2.64. The Morgan fingerprint density at radius 3 is 2.47 bits per heavy atom. The van der Waals surface area contributed by atoms with Gasteiger partial charge in [-0.3, -0.25) is 9.80 Å². The molecule has 0 radical (unpaired) electrons. The number of morpholine rings is 1. The summed E-state index contributed by atoms with van der Waals surface area (Å²) in [6.45, 7) is 8.33. The van der Waals surface area contributed by atoms with Gasteiger partial charge in [0, 0.05) is 38.8 Å². The van der Waals surface area contributed by atoms with Crippen LogP contribution in [0.5, 0.6) is 0 Å². The second-order valence-electron chi connectivity index (χ2n) is 4.53. The number of nitrogens with two attached hydrogens (primary N) is 1. The number of likely N-dealkylation sites (tertiary alicyclic amines) is 1. The van der Waals surface area contributed by atoms with Gasteiger partial charge in [0.1, 0.15) is 0 Å². The summed E-state index contributed by atoms with van der Waals surface area (Å²) < 4.78 is 5.36. The highest BCUT2D eigenvalue weighted by Crippen LogP contribution is 2.17.